The summed E-state index contributed by atoms with van der Waals surface area (Å²) in [7, 11) is 0. The third-order valence-corrected chi connectivity index (χ3v) is 4.37. The minimum atomic E-state index is -0.923. The summed E-state index contributed by atoms with van der Waals surface area (Å²) in [5, 5.41) is 18.8. The van der Waals surface area contributed by atoms with Crippen molar-refractivity contribution in [1.29, 1.82) is 0 Å². The van der Waals surface area contributed by atoms with E-state index in [1.165, 1.54) is 4.90 Å². The molecule has 2 rings (SSSR count). The topological polar surface area (TPSA) is 81.1 Å². The SMILES string of the molecule is O=C(O)C1CCCCN1C(=O)N1CCCCCC1CO. The van der Waals surface area contributed by atoms with Gasteiger partial charge in [0.25, 0.3) is 0 Å². The molecule has 2 saturated heterocycles. The summed E-state index contributed by atoms with van der Waals surface area (Å²) in [5.41, 5.74) is 0. The normalized spacial score (nSPS) is 28.1. The van der Waals surface area contributed by atoms with E-state index >= 15 is 0 Å². The van der Waals surface area contributed by atoms with Gasteiger partial charge in [-0.25, -0.2) is 9.59 Å². The maximum Gasteiger partial charge on any atom is 0.326 e. The van der Waals surface area contributed by atoms with Crippen LogP contribution in [-0.2, 0) is 4.79 Å². The zero-order valence-electron chi connectivity index (χ0n) is 11.8. The number of hydrogen-bond donors (Lipinski definition) is 2. The van der Waals surface area contributed by atoms with Crippen molar-refractivity contribution in [2.75, 3.05) is 19.7 Å². The monoisotopic (exact) mass is 284 g/mol. The Morgan fingerprint density at radius 3 is 2.30 bits per heavy atom. The van der Waals surface area contributed by atoms with Gasteiger partial charge >= 0.3 is 12.0 Å². The van der Waals surface area contributed by atoms with Crippen molar-refractivity contribution in [2.45, 2.75) is 57.0 Å². The number of aliphatic carboxylic acids is 1. The highest BCUT2D eigenvalue weighted by Crippen LogP contribution is 2.23. The molecule has 2 N–H and O–H groups in total. The fourth-order valence-electron chi connectivity index (χ4n) is 3.20. The fourth-order valence-corrected chi connectivity index (χ4v) is 3.20. The number of aliphatic hydroxyl groups excluding tert-OH is 1. The van der Waals surface area contributed by atoms with E-state index in [-0.39, 0.29) is 18.7 Å². The smallest absolute Gasteiger partial charge is 0.326 e. The van der Waals surface area contributed by atoms with Crippen molar-refractivity contribution in [2.24, 2.45) is 0 Å². The number of carboxylic acids is 1. The lowest BCUT2D eigenvalue weighted by molar-refractivity contribution is -0.143. The molecule has 0 radical (unpaired) electrons. The highest BCUT2D eigenvalue weighted by molar-refractivity contribution is 5.83. The van der Waals surface area contributed by atoms with Gasteiger partial charge in [-0.15, -0.1) is 0 Å². The molecule has 6 nitrogen and oxygen atoms in total. The fraction of sp³-hybridized carbons (Fsp3) is 0.857. The van der Waals surface area contributed by atoms with Crippen LogP contribution in [0.1, 0.15) is 44.9 Å². The van der Waals surface area contributed by atoms with Crippen molar-refractivity contribution >= 4 is 12.0 Å². The lowest BCUT2D eigenvalue weighted by Crippen LogP contribution is -2.56. The molecule has 0 saturated carbocycles. The number of urea groups is 1. The zero-order valence-corrected chi connectivity index (χ0v) is 11.8. The summed E-state index contributed by atoms with van der Waals surface area (Å²) >= 11 is 0. The molecule has 2 fully saturated rings. The predicted octanol–water partition coefficient (Wildman–Crippen LogP) is 1.28. The summed E-state index contributed by atoms with van der Waals surface area (Å²) in [6.07, 6.45) is 6.03. The summed E-state index contributed by atoms with van der Waals surface area (Å²) < 4.78 is 0. The van der Waals surface area contributed by atoms with E-state index in [9.17, 15) is 19.8 Å². The molecule has 6 heteroatoms. The average molecular weight is 284 g/mol. The number of rotatable bonds is 2. The first kappa shape index (κ1) is 15.1. The van der Waals surface area contributed by atoms with Crippen LogP contribution in [0.15, 0.2) is 0 Å². The Bertz CT molecular complexity index is 361. The molecule has 2 aliphatic rings. The van der Waals surface area contributed by atoms with Crippen molar-refractivity contribution in [1.82, 2.24) is 9.80 Å². The number of carboxylic acid groups (broad SMARTS) is 1. The molecule has 2 heterocycles. The van der Waals surface area contributed by atoms with Crippen LogP contribution >= 0.6 is 0 Å². The number of carbonyl (C=O) groups excluding carboxylic acids is 1. The van der Waals surface area contributed by atoms with Crippen LogP contribution < -0.4 is 0 Å². The molecule has 114 valence electrons. The number of likely N-dealkylation sites (tertiary alicyclic amines) is 2. The van der Waals surface area contributed by atoms with Crippen LogP contribution in [0.3, 0.4) is 0 Å². The number of aliphatic hydroxyl groups is 1. The van der Waals surface area contributed by atoms with E-state index in [1.54, 1.807) is 4.90 Å². The van der Waals surface area contributed by atoms with Crippen LogP contribution in [0.25, 0.3) is 0 Å². The van der Waals surface area contributed by atoms with Gasteiger partial charge in [0, 0.05) is 13.1 Å². The first-order chi connectivity index (χ1) is 9.65. The number of nitrogens with zero attached hydrogens (tertiary/aromatic N) is 2. The summed E-state index contributed by atoms with van der Waals surface area (Å²) in [4.78, 5) is 27.2. The van der Waals surface area contributed by atoms with E-state index < -0.39 is 12.0 Å². The van der Waals surface area contributed by atoms with Gasteiger partial charge in [-0.3, -0.25) is 0 Å². The molecule has 0 aliphatic carbocycles. The Morgan fingerprint density at radius 2 is 1.60 bits per heavy atom. The van der Waals surface area contributed by atoms with Crippen LogP contribution in [0.5, 0.6) is 0 Å². The quantitative estimate of drug-likeness (QED) is 0.800. The highest BCUT2D eigenvalue weighted by Gasteiger charge is 2.36. The Balaban J connectivity index is 2.12. The number of carbonyl (C=O) groups is 2. The van der Waals surface area contributed by atoms with E-state index in [2.05, 4.69) is 0 Å². The predicted molar refractivity (Wildman–Crippen MR) is 73.4 cm³/mol. The molecule has 2 unspecified atom stereocenters. The Hall–Kier alpha value is -1.30. The van der Waals surface area contributed by atoms with E-state index in [1.807, 2.05) is 0 Å². The molecular weight excluding hydrogens is 260 g/mol. The second-order valence-electron chi connectivity index (χ2n) is 5.70. The van der Waals surface area contributed by atoms with Gasteiger partial charge in [-0.05, 0) is 32.1 Å². The minimum Gasteiger partial charge on any atom is -0.480 e. The van der Waals surface area contributed by atoms with Crippen LogP contribution in [0, 0.1) is 0 Å². The molecule has 0 spiro atoms. The van der Waals surface area contributed by atoms with Gasteiger partial charge in [0.2, 0.25) is 0 Å². The van der Waals surface area contributed by atoms with Gasteiger partial charge < -0.3 is 20.0 Å². The Morgan fingerprint density at radius 1 is 0.950 bits per heavy atom. The Kier molecular flexibility index (Phi) is 5.23. The average Bonchev–Trinajstić information content (AvgIpc) is 2.71. The minimum absolute atomic E-state index is 0.0443. The molecule has 2 amide bonds. The van der Waals surface area contributed by atoms with Crippen molar-refractivity contribution < 1.29 is 19.8 Å². The largest absolute Gasteiger partial charge is 0.480 e. The van der Waals surface area contributed by atoms with E-state index in [4.69, 9.17) is 0 Å². The maximum absolute atomic E-state index is 12.7. The van der Waals surface area contributed by atoms with Crippen LogP contribution in [-0.4, -0.2) is 63.8 Å². The van der Waals surface area contributed by atoms with Gasteiger partial charge in [0.05, 0.1) is 12.6 Å². The lowest BCUT2D eigenvalue weighted by Gasteiger charge is -2.39. The van der Waals surface area contributed by atoms with Crippen molar-refractivity contribution in [3.05, 3.63) is 0 Å². The molecule has 2 aliphatic heterocycles. The van der Waals surface area contributed by atoms with E-state index in [0.717, 1.165) is 38.5 Å². The standard InChI is InChI=1S/C14H24N2O4/c17-10-11-6-2-1-4-8-15(11)14(20)16-9-5-3-7-12(16)13(18)19/h11-12,17H,1-10H2,(H,18,19). The number of piperidine rings is 1. The molecule has 2 atom stereocenters. The van der Waals surface area contributed by atoms with Crippen molar-refractivity contribution in [3.8, 4) is 0 Å². The summed E-state index contributed by atoms with van der Waals surface area (Å²) in [5.74, 6) is -0.923. The summed E-state index contributed by atoms with van der Waals surface area (Å²) in [6.45, 7) is 1.08. The van der Waals surface area contributed by atoms with Crippen molar-refractivity contribution in [3.63, 3.8) is 0 Å². The van der Waals surface area contributed by atoms with E-state index in [0.29, 0.717) is 19.5 Å². The number of hydrogen-bond acceptors (Lipinski definition) is 3. The first-order valence-electron chi connectivity index (χ1n) is 7.56. The molecule has 0 aromatic heterocycles. The third kappa shape index (κ3) is 3.23. The second kappa shape index (κ2) is 6.92. The van der Waals surface area contributed by atoms with Crippen LogP contribution in [0.2, 0.25) is 0 Å². The molecule has 20 heavy (non-hydrogen) atoms. The maximum atomic E-state index is 12.7. The van der Waals surface area contributed by atoms with Gasteiger partial charge in [0.1, 0.15) is 6.04 Å². The molecule has 0 bridgehead atoms. The highest BCUT2D eigenvalue weighted by atomic mass is 16.4. The summed E-state index contributed by atoms with van der Waals surface area (Å²) in [6, 6.07) is -1.08. The van der Waals surface area contributed by atoms with Gasteiger partial charge in [-0.1, -0.05) is 12.8 Å². The first-order valence-corrected chi connectivity index (χ1v) is 7.56. The number of amides is 2. The second-order valence-corrected chi connectivity index (χ2v) is 5.70. The molecule has 0 aromatic rings. The Labute approximate surface area is 119 Å². The van der Waals surface area contributed by atoms with Crippen LogP contribution in [0.4, 0.5) is 4.79 Å². The lowest BCUT2D eigenvalue weighted by atomic mass is 10.0. The third-order valence-electron chi connectivity index (χ3n) is 4.37. The molecule has 0 aromatic carbocycles. The van der Waals surface area contributed by atoms with Gasteiger partial charge in [0.15, 0.2) is 0 Å². The zero-order chi connectivity index (χ0) is 14.5. The van der Waals surface area contributed by atoms with Gasteiger partial charge in [-0.2, -0.15) is 0 Å². The molecular formula is C14H24N2O4.